The highest BCUT2D eigenvalue weighted by molar-refractivity contribution is 5.43. The maximum atomic E-state index is 8.62. The van der Waals surface area contributed by atoms with Crippen LogP contribution >= 0.6 is 0 Å². The molecule has 0 unspecified atom stereocenters. The molecular weight excluding hydrogens is 200 g/mol. The Bertz CT molecular complexity index is 385. The molecule has 1 rings (SSSR count). The van der Waals surface area contributed by atoms with Crippen molar-refractivity contribution in [2.24, 2.45) is 0 Å². The van der Waals surface area contributed by atoms with Gasteiger partial charge in [0.25, 0.3) is 0 Å². The lowest BCUT2D eigenvalue weighted by Gasteiger charge is -2.07. The van der Waals surface area contributed by atoms with Gasteiger partial charge in [-0.15, -0.1) is 0 Å². The summed E-state index contributed by atoms with van der Waals surface area (Å²) in [7, 11) is 0. The van der Waals surface area contributed by atoms with Gasteiger partial charge in [0.05, 0.1) is 13.2 Å². The lowest BCUT2D eigenvalue weighted by Crippen LogP contribution is -1.96. The Morgan fingerprint density at radius 1 is 1.38 bits per heavy atom. The van der Waals surface area contributed by atoms with Crippen LogP contribution in [0.5, 0.6) is 5.75 Å². The smallest absolute Gasteiger partial charge is 0.122 e. The fourth-order valence-corrected chi connectivity index (χ4v) is 1.32. The van der Waals surface area contributed by atoms with Crippen molar-refractivity contribution < 1.29 is 9.84 Å². The molecule has 2 nitrogen and oxygen atoms in total. The van der Waals surface area contributed by atoms with Crippen molar-refractivity contribution in [3.8, 4) is 17.6 Å². The summed E-state index contributed by atoms with van der Waals surface area (Å²) in [5.74, 6) is 6.83. The van der Waals surface area contributed by atoms with Crippen LogP contribution in [0.25, 0.3) is 0 Å². The lowest BCUT2D eigenvalue weighted by molar-refractivity contribution is 0.305. The number of aliphatic hydroxyl groups is 1. The zero-order valence-corrected chi connectivity index (χ0v) is 9.92. The second-order valence-corrected chi connectivity index (χ2v) is 3.60. The predicted octanol–water partition coefficient (Wildman–Crippen LogP) is 2.52. The normalized spacial score (nSPS) is 9.44. The Balaban J connectivity index is 2.71. The van der Waals surface area contributed by atoms with Crippen LogP contribution in [0, 0.1) is 18.8 Å². The number of ether oxygens (including phenoxy) is 1. The molecule has 0 saturated heterocycles. The lowest BCUT2D eigenvalue weighted by atomic mass is 10.1. The Morgan fingerprint density at radius 2 is 2.19 bits per heavy atom. The second-order valence-electron chi connectivity index (χ2n) is 3.60. The molecule has 0 heterocycles. The first-order chi connectivity index (χ1) is 7.77. The summed E-state index contributed by atoms with van der Waals surface area (Å²) in [4.78, 5) is 0. The molecule has 0 saturated carbocycles. The van der Waals surface area contributed by atoms with Crippen molar-refractivity contribution in [3.63, 3.8) is 0 Å². The summed E-state index contributed by atoms with van der Waals surface area (Å²) in [5.41, 5.74) is 2.07. The maximum Gasteiger partial charge on any atom is 0.122 e. The maximum absolute atomic E-state index is 8.62. The Kier molecular flexibility index (Phi) is 5.45. The van der Waals surface area contributed by atoms with Crippen molar-refractivity contribution in [1.29, 1.82) is 0 Å². The quantitative estimate of drug-likeness (QED) is 0.787. The number of aryl methyl sites for hydroxylation is 1. The second kappa shape index (κ2) is 6.92. The molecule has 1 aromatic carbocycles. The van der Waals surface area contributed by atoms with Gasteiger partial charge in [-0.05, 0) is 37.1 Å². The van der Waals surface area contributed by atoms with Crippen molar-refractivity contribution in [2.45, 2.75) is 26.7 Å². The Morgan fingerprint density at radius 3 is 2.81 bits per heavy atom. The van der Waals surface area contributed by atoms with Crippen molar-refractivity contribution in [3.05, 3.63) is 29.3 Å². The van der Waals surface area contributed by atoms with E-state index in [4.69, 9.17) is 9.84 Å². The summed E-state index contributed by atoms with van der Waals surface area (Å²) < 4.78 is 5.58. The van der Waals surface area contributed by atoms with E-state index in [0.29, 0.717) is 6.42 Å². The minimum Gasteiger partial charge on any atom is -0.493 e. The van der Waals surface area contributed by atoms with Gasteiger partial charge >= 0.3 is 0 Å². The van der Waals surface area contributed by atoms with Crippen LogP contribution in [0.3, 0.4) is 0 Å². The van der Waals surface area contributed by atoms with E-state index in [0.717, 1.165) is 29.9 Å². The number of aliphatic hydroxyl groups excluding tert-OH is 1. The van der Waals surface area contributed by atoms with Gasteiger partial charge < -0.3 is 9.84 Å². The molecule has 0 radical (unpaired) electrons. The van der Waals surface area contributed by atoms with E-state index in [1.165, 1.54) is 0 Å². The highest BCUT2D eigenvalue weighted by Crippen LogP contribution is 2.18. The van der Waals surface area contributed by atoms with Crippen LogP contribution in [-0.4, -0.2) is 18.3 Å². The molecule has 0 aromatic heterocycles. The molecule has 0 aliphatic rings. The largest absolute Gasteiger partial charge is 0.493 e. The molecule has 1 N–H and O–H groups in total. The van der Waals surface area contributed by atoms with E-state index in [9.17, 15) is 0 Å². The van der Waals surface area contributed by atoms with Crippen LogP contribution in [0.2, 0.25) is 0 Å². The van der Waals surface area contributed by atoms with Crippen LogP contribution in [-0.2, 0) is 0 Å². The number of hydrogen-bond donors (Lipinski definition) is 1. The van der Waals surface area contributed by atoms with Gasteiger partial charge in [0.15, 0.2) is 0 Å². The number of hydrogen-bond acceptors (Lipinski definition) is 2. The first-order valence-electron chi connectivity index (χ1n) is 5.61. The van der Waals surface area contributed by atoms with Crippen molar-refractivity contribution >= 4 is 0 Å². The van der Waals surface area contributed by atoms with E-state index in [2.05, 4.69) is 18.8 Å². The van der Waals surface area contributed by atoms with Gasteiger partial charge in [0.1, 0.15) is 5.75 Å². The van der Waals surface area contributed by atoms with Crippen molar-refractivity contribution in [2.75, 3.05) is 13.2 Å². The molecule has 0 spiro atoms. The summed E-state index contributed by atoms with van der Waals surface area (Å²) in [6.45, 7) is 4.96. The molecule has 16 heavy (non-hydrogen) atoms. The van der Waals surface area contributed by atoms with Gasteiger partial charge in [0.2, 0.25) is 0 Å². The van der Waals surface area contributed by atoms with Crippen LogP contribution < -0.4 is 4.74 Å². The molecule has 0 amide bonds. The zero-order chi connectivity index (χ0) is 11.8. The average Bonchev–Trinajstić information content (AvgIpc) is 2.28. The minimum absolute atomic E-state index is 0.115. The van der Waals surface area contributed by atoms with Crippen LogP contribution in [0.4, 0.5) is 0 Å². The molecule has 0 aliphatic heterocycles. The highest BCUT2D eigenvalue weighted by atomic mass is 16.5. The number of benzene rings is 1. The molecule has 2 heteroatoms. The Labute approximate surface area is 97.3 Å². The van der Waals surface area contributed by atoms with E-state index in [-0.39, 0.29) is 6.61 Å². The van der Waals surface area contributed by atoms with Crippen LogP contribution in [0.15, 0.2) is 18.2 Å². The predicted molar refractivity (Wildman–Crippen MR) is 65.5 cm³/mol. The SMILES string of the molecule is CCCOc1ccc(C#CCCO)cc1C. The first-order valence-corrected chi connectivity index (χ1v) is 5.61. The fraction of sp³-hybridized carbons (Fsp3) is 0.429. The van der Waals surface area contributed by atoms with Gasteiger partial charge in [0, 0.05) is 12.0 Å². The molecule has 0 fully saturated rings. The molecule has 1 aromatic rings. The van der Waals surface area contributed by atoms with E-state index >= 15 is 0 Å². The zero-order valence-electron chi connectivity index (χ0n) is 9.92. The third-order valence-corrected chi connectivity index (χ3v) is 2.11. The molecular formula is C14H18O2. The van der Waals surface area contributed by atoms with Crippen LogP contribution in [0.1, 0.15) is 30.9 Å². The summed E-state index contributed by atoms with van der Waals surface area (Å²) >= 11 is 0. The standard InChI is InChI=1S/C14H18O2/c1-3-10-16-14-8-7-13(11-12(14)2)6-4-5-9-15/h7-8,11,15H,3,5,9-10H2,1-2H3. The van der Waals surface area contributed by atoms with E-state index in [1.807, 2.05) is 25.1 Å². The van der Waals surface area contributed by atoms with Gasteiger partial charge in [-0.3, -0.25) is 0 Å². The number of rotatable bonds is 4. The first kappa shape index (κ1) is 12.6. The third kappa shape index (κ3) is 3.96. The van der Waals surface area contributed by atoms with Gasteiger partial charge in [-0.2, -0.15) is 0 Å². The molecule has 0 bridgehead atoms. The third-order valence-electron chi connectivity index (χ3n) is 2.11. The van der Waals surface area contributed by atoms with Gasteiger partial charge in [-0.1, -0.05) is 18.8 Å². The highest BCUT2D eigenvalue weighted by Gasteiger charge is 1.99. The van der Waals surface area contributed by atoms with E-state index < -0.39 is 0 Å². The Hall–Kier alpha value is -1.46. The average molecular weight is 218 g/mol. The van der Waals surface area contributed by atoms with E-state index in [1.54, 1.807) is 0 Å². The minimum atomic E-state index is 0.115. The molecule has 0 atom stereocenters. The summed E-state index contributed by atoms with van der Waals surface area (Å²) in [6, 6.07) is 5.91. The molecule has 0 aliphatic carbocycles. The fourth-order valence-electron chi connectivity index (χ4n) is 1.32. The molecule has 86 valence electrons. The monoisotopic (exact) mass is 218 g/mol. The van der Waals surface area contributed by atoms with Crippen molar-refractivity contribution in [1.82, 2.24) is 0 Å². The van der Waals surface area contributed by atoms with Gasteiger partial charge in [-0.25, -0.2) is 0 Å². The summed E-state index contributed by atoms with van der Waals surface area (Å²) in [5, 5.41) is 8.62. The topological polar surface area (TPSA) is 29.5 Å². The summed E-state index contributed by atoms with van der Waals surface area (Å²) in [6.07, 6.45) is 1.53.